The van der Waals surface area contributed by atoms with E-state index in [9.17, 15) is 0 Å². The normalized spacial score (nSPS) is 13.5. The zero-order valence-electron chi connectivity index (χ0n) is 9.92. The highest BCUT2D eigenvalue weighted by molar-refractivity contribution is 4.62. The van der Waals surface area contributed by atoms with E-state index < -0.39 is 0 Å². The molecule has 0 rings (SSSR count). The van der Waals surface area contributed by atoms with Crippen LogP contribution < -0.4 is 5.32 Å². The lowest BCUT2D eigenvalue weighted by molar-refractivity contribution is 0.250. The van der Waals surface area contributed by atoms with E-state index in [1.54, 1.807) is 0 Å². The van der Waals surface area contributed by atoms with Crippen LogP contribution in [0.4, 0.5) is 0 Å². The van der Waals surface area contributed by atoms with Gasteiger partial charge in [-0.25, -0.2) is 0 Å². The molecule has 3 nitrogen and oxygen atoms in total. The van der Waals surface area contributed by atoms with Crippen molar-refractivity contribution >= 4 is 0 Å². The molecule has 0 bridgehead atoms. The highest BCUT2D eigenvalue weighted by Crippen LogP contribution is 1.98. The molecule has 86 valence electrons. The Morgan fingerprint density at radius 2 is 2.00 bits per heavy atom. The van der Waals surface area contributed by atoms with Gasteiger partial charge in [-0.3, -0.25) is 0 Å². The smallest absolute Gasteiger partial charge is 0.0431 e. The van der Waals surface area contributed by atoms with Crippen molar-refractivity contribution < 1.29 is 5.11 Å². The van der Waals surface area contributed by atoms with Gasteiger partial charge in [-0.15, -0.1) is 0 Å². The van der Waals surface area contributed by atoms with Crippen molar-refractivity contribution in [1.82, 2.24) is 10.2 Å². The minimum Gasteiger partial charge on any atom is -0.396 e. The lowest BCUT2D eigenvalue weighted by Crippen LogP contribution is -2.35. The van der Waals surface area contributed by atoms with Crippen LogP contribution in [0.1, 0.15) is 33.1 Å². The SMILES string of the molecule is CCC(C)N(C)CCNCCCCO. The van der Waals surface area contributed by atoms with Crippen LogP contribution in [-0.2, 0) is 0 Å². The van der Waals surface area contributed by atoms with Gasteiger partial charge in [0.15, 0.2) is 0 Å². The second-order valence-electron chi connectivity index (χ2n) is 3.92. The standard InChI is InChI=1S/C11H26N2O/c1-4-11(2)13(3)9-8-12-7-5-6-10-14/h11-12,14H,4-10H2,1-3H3. The van der Waals surface area contributed by atoms with E-state index in [-0.39, 0.29) is 0 Å². The Kier molecular flexibility index (Phi) is 9.35. The highest BCUT2D eigenvalue weighted by Gasteiger charge is 2.04. The van der Waals surface area contributed by atoms with E-state index in [0.29, 0.717) is 12.6 Å². The first-order valence-electron chi connectivity index (χ1n) is 5.74. The molecule has 0 aliphatic heterocycles. The van der Waals surface area contributed by atoms with Crippen molar-refractivity contribution in [2.75, 3.05) is 33.3 Å². The van der Waals surface area contributed by atoms with Gasteiger partial charge in [0.2, 0.25) is 0 Å². The third-order valence-electron chi connectivity index (χ3n) is 2.75. The van der Waals surface area contributed by atoms with Crippen molar-refractivity contribution in [3.05, 3.63) is 0 Å². The second kappa shape index (κ2) is 9.44. The molecule has 0 aliphatic rings. The Morgan fingerprint density at radius 3 is 2.57 bits per heavy atom. The molecule has 1 atom stereocenters. The number of nitrogens with zero attached hydrogens (tertiary/aromatic N) is 1. The molecule has 0 heterocycles. The minimum atomic E-state index is 0.314. The molecule has 1 unspecified atom stereocenters. The lowest BCUT2D eigenvalue weighted by atomic mass is 10.2. The summed E-state index contributed by atoms with van der Waals surface area (Å²) in [4.78, 5) is 2.37. The molecule has 0 saturated heterocycles. The average Bonchev–Trinajstić information content (AvgIpc) is 2.21. The summed E-state index contributed by atoms with van der Waals surface area (Å²) in [6.45, 7) is 7.96. The fraction of sp³-hybridized carbons (Fsp3) is 1.00. The molecule has 2 N–H and O–H groups in total. The Bertz CT molecular complexity index is 120. The molecule has 0 radical (unpaired) electrons. The lowest BCUT2D eigenvalue weighted by Gasteiger charge is -2.23. The number of unbranched alkanes of at least 4 members (excludes halogenated alkanes) is 1. The Labute approximate surface area is 88.5 Å². The number of rotatable bonds is 9. The van der Waals surface area contributed by atoms with Gasteiger partial charge in [0.25, 0.3) is 0 Å². The molecule has 0 aromatic rings. The maximum absolute atomic E-state index is 8.58. The summed E-state index contributed by atoms with van der Waals surface area (Å²) in [5, 5.41) is 12.0. The molecule has 0 amide bonds. The van der Waals surface area contributed by atoms with Crippen molar-refractivity contribution in [3.8, 4) is 0 Å². The van der Waals surface area contributed by atoms with Crippen LogP contribution >= 0.6 is 0 Å². The van der Waals surface area contributed by atoms with Crippen molar-refractivity contribution in [2.45, 2.75) is 39.2 Å². The fourth-order valence-corrected chi connectivity index (χ4v) is 1.27. The number of hydrogen-bond donors (Lipinski definition) is 2. The van der Waals surface area contributed by atoms with E-state index >= 15 is 0 Å². The van der Waals surface area contributed by atoms with Crippen LogP contribution in [0.3, 0.4) is 0 Å². The van der Waals surface area contributed by atoms with Gasteiger partial charge >= 0.3 is 0 Å². The number of aliphatic hydroxyl groups excluding tert-OH is 1. The fourth-order valence-electron chi connectivity index (χ4n) is 1.27. The largest absolute Gasteiger partial charge is 0.396 e. The predicted octanol–water partition coefficient (Wildman–Crippen LogP) is 1.08. The Balaban J connectivity index is 3.18. The number of aliphatic hydroxyl groups is 1. The third-order valence-corrected chi connectivity index (χ3v) is 2.75. The Morgan fingerprint density at radius 1 is 1.29 bits per heavy atom. The van der Waals surface area contributed by atoms with Gasteiger partial charge in [-0.05, 0) is 39.8 Å². The summed E-state index contributed by atoms with van der Waals surface area (Å²) in [5.41, 5.74) is 0. The van der Waals surface area contributed by atoms with Gasteiger partial charge in [-0.2, -0.15) is 0 Å². The molecule has 0 spiro atoms. The molecule has 0 saturated carbocycles. The zero-order valence-corrected chi connectivity index (χ0v) is 9.92. The first-order chi connectivity index (χ1) is 6.72. The molecule has 0 aromatic heterocycles. The summed E-state index contributed by atoms with van der Waals surface area (Å²) in [6.07, 6.45) is 3.19. The van der Waals surface area contributed by atoms with Crippen LogP contribution in [0.15, 0.2) is 0 Å². The maximum atomic E-state index is 8.58. The first kappa shape index (κ1) is 13.9. The summed E-state index contributed by atoms with van der Waals surface area (Å²) in [6, 6.07) is 0.675. The molecular weight excluding hydrogens is 176 g/mol. The van der Waals surface area contributed by atoms with E-state index in [1.165, 1.54) is 6.42 Å². The quantitative estimate of drug-likeness (QED) is 0.549. The molecule has 0 aromatic carbocycles. The van der Waals surface area contributed by atoms with Crippen molar-refractivity contribution in [3.63, 3.8) is 0 Å². The van der Waals surface area contributed by atoms with Gasteiger partial charge < -0.3 is 15.3 Å². The van der Waals surface area contributed by atoms with E-state index in [4.69, 9.17) is 5.11 Å². The minimum absolute atomic E-state index is 0.314. The van der Waals surface area contributed by atoms with Gasteiger partial charge in [-0.1, -0.05) is 6.92 Å². The summed E-state index contributed by atoms with van der Waals surface area (Å²) in [7, 11) is 2.17. The van der Waals surface area contributed by atoms with E-state index in [0.717, 1.165) is 32.5 Å². The first-order valence-corrected chi connectivity index (χ1v) is 5.74. The van der Waals surface area contributed by atoms with Gasteiger partial charge in [0, 0.05) is 25.7 Å². The summed E-state index contributed by atoms with van der Waals surface area (Å²) >= 11 is 0. The second-order valence-corrected chi connectivity index (χ2v) is 3.92. The van der Waals surface area contributed by atoms with Gasteiger partial charge in [0.1, 0.15) is 0 Å². The van der Waals surface area contributed by atoms with Crippen LogP contribution in [0.25, 0.3) is 0 Å². The van der Waals surface area contributed by atoms with Gasteiger partial charge in [0.05, 0.1) is 0 Å². The van der Waals surface area contributed by atoms with Crippen molar-refractivity contribution in [1.29, 1.82) is 0 Å². The average molecular weight is 202 g/mol. The Hall–Kier alpha value is -0.120. The van der Waals surface area contributed by atoms with Crippen LogP contribution in [0.5, 0.6) is 0 Å². The molecule has 0 aliphatic carbocycles. The number of likely N-dealkylation sites (N-methyl/N-ethyl adjacent to an activating group) is 1. The predicted molar refractivity (Wildman–Crippen MR) is 61.6 cm³/mol. The summed E-state index contributed by atoms with van der Waals surface area (Å²) < 4.78 is 0. The summed E-state index contributed by atoms with van der Waals surface area (Å²) in [5.74, 6) is 0. The van der Waals surface area contributed by atoms with Crippen LogP contribution in [0, 0.1) is 0 Å². The molecule has 3 heteroatoms. The van der Waals surface area contributed by atoms with E-state index in [1.807, 2.05) is 0 Å². The van der Waals surface area contributed by atoms with Crippen molar-refractivity contribution in [2.24, 2.45) is 0 Å². The molecule has 0 fully saturated rings. The third kappa shape index (κ3) is 7.30. The van der Waals surface area contributed by atoms with E-state index in [2.05, 4.69) is 31.1 Å². The maximum Gasteiger partial charge on any atom is 0.0431 e. The zero-order chi connectivity index (χ0) is 10.8. The molecular formula is C11H26N2O. The highest BCUT2D eigenvalue weighted by atomic mass is 16.2. The number of hydrogen-bond acceptors (Lipinski definition) is 3. The monoisotopic (exact) mass is 202 g/mol. The topological polar surface area (TPSA) is 35.5 Å². The van der Waals surface area contributed by atoms with Crippen LogP contribution in [0.2, 0.25) is 0 Å². The number of nitrogens with one attached hydrogen (secondary N) is 1. The molecule has 14 heavy (non-hydrogen) atoms. The van der Waals surface area contributed by atoms with Crippen LogP contribution in [-0.4, -0.2) is 49.3 Å².